The monoisotopic (exact) mass is 241 g/mol. The van der Waals surface area contributed by atoms with Crippen molar-refractivity contribution in [3.8, 4) is 0 Å². The number of hydrogen-bond donors (Lipinski definition) is 1. The molecule has 0 radical (unpaired) electrons. The lowest BCUT2D eigenvalue weighted by atomic mass is 9.92. The zero-order valence-electron chi connectivity index (χ0n) is 12.0. The highest BCUT2D eigenvalue weighted by molar-refractivity contribution is 4.77. The molecular weight excluding hydrogens is 210 g/mol. The molecule has 17 heavy (non-hydrogen) atoms. The Hall–Kier alpha value is -0.0800. The summed E-state index contributed by atoms with van der Waals surface area (Å²) in [6.45, 7) is 8.87. The van der Waals surface area contributed by atoms with Gasteiger partial charge in [0.25, 0.3) is 0 Å². The van der Waals surface area contributed by atoms with Crippen molar-refractivity contribution in [2.24, 2.45) is 5.92 Å². The zero-order chi connectivity index (χ0) is 12.5. The maximum absolute atomic E-state index is 5.42. The van der Waals surface area contributed by atoms with E-state index in [-0.39, 0.29) is 0 Å². The Morgan fingerprint density at radius 2 is 1.82 bits per heavy atom. The van der Waals surface area contributed by atoms with E-state index >= 15 is 0 Å². The topological polar surface area (TPSA) is 21.3 Å². The normalized spacial score (nSPS) is 21.4. The Morgan fingerprint density at radius 3 is 2.47 bits per heavy atom. The van der Waals surface area contributed by atoms with Crippen LogP contribution in [-0.2, 0) is 4.74 Å². The minimum absolute atomic E-state index is 0.653. The van der Waals surface area contributed by atoms with Gasteiger partial charge in [0.05, 0.1) is 0 Å². The molecule has 0 aromatic heterocycles. The maximum Gasteiger partial charge on any atom is 0.0469 e. The van der Waals surface area contributed by atoms with Crippen LogP contribution in [0.1, 0.15) is 65.7 Å². The molecule has 1 aliphatic rings. The second-order valence-corrected chi connectivity index (χ2v) is 5.66. The van der Waals surface area contributed by atoms with Crippen LogP contribution in [0, 0.1) is 5.92 Å². The lowest BCUT2D eigenvalue weighted by Crippen LogP contribution is -2.41. The summed E-state index contributed by atoms with van der Waals surface area (Å²) in [5, 5.41) is 3.77. The molecule has 0 bridgehead atoms. The van der Waals surface area contributed by atoms with Crippen LogP contribution >= 0.6 is 0 Å². The van der Waals surface area contributed by atoms with E-state index in [1.165, 1.54) is 44.9 Å². The molecule has 2 heteroatoms. The highest BCUT2D eigenvalue weighted by atomic mass is 16.5. The first-order valence-corrected chi connectivity index (χ1v) is 7.57. The number of nitrogens with one attached hydrogen (secondary N) is 1. The van der Waals surface area contributed by atoms with Gasteiger partial charge in [-0.2, -0.15) is 0 Å². The Morgan fingerprint density at radius 1 is 1.12 bits per heavy atom. The standard InChI is InChI=1S/C15H31NO/c1-4-5-6-7-8-13(2)16-14(3)15-9-11-17-12-10-15/h13-16H,4-12H2,1-3H3. The van der Waals surface area contributed by atoms with Crippen LogP contribution in [0.4, 0.5) is 0 Å². The van der Waals surface area contributed by atoms with Crippen LogP contribution < -0.4 is 5.32 Å². The van der Waals surface area contributed by atoms with Crippen LogP contribution in [-0.4, -0.2) is 25.3 Å². The molecule has 0 aromatic rings. The predicted molar refractivity (Wildman–Crippen MR) is 74.4 cm³/mol. The van der Waals surface area contributed by atoms with E-state index in [0.29, 0.717) is 12.1 Å². The van der Waals surface area contributed by atoms with Crippen molar-refractivity contribution < 1.29 is 4.74 Å². The molecule has 0 amide bonds. The lowest BCUT2D eigenvalue weighted by molar-refractivity contribution is 0.0545. The fourth-order valence-corrected chi connectivity index (χ4v) is 2.76. The van der Waals surface area contributed by atoms with Crippen molar-refractivity contribution in [1.29, 1.82) is 0 Å². The molecule has 0 aromatic carbocycles. The fraction of sp³-hybridized carbons (Fsp3) is 1.00. The Bertz CT molecular complexity index is 178. The minimum Gasteiger partial charge on any atom is -0.381 e. The van der Waals surface area contributed by atoms with E-state index in [4.69, 9.17) is 4.74 Å². The number of ether oxygens (including phenoxy) is 1. The van der Waals surface area contributed by atoms with E-state index in [0.717, 1.165) is 19.1 Å². The highest BCUT2D eigenvalue weighted by Crippen LogP contribution is 2.19. The highest BCUT2D eigenvalue weighted by Gasteiger charge is 2.21. The fourth-order valence-electron chi connectivity index (χ4n) is 2.76. The summed E-state index contributed by atoms with van der Waals surface area (Å²) in [6.07, 6.45) is 9.29. The summed E-state index contributed by atoms with van der Waals surface area (Å²) in [7, 11) is 0. The molecular formula is C15H31NO. The number of unbranched alkanes of at least 4 members (excludes halogenated alkanes) is 3. The third-order valence-electron chi connectivity index (χ3n) is 4.01. The average molecular weight is 241 g/mol. The maximum atomic E-state index is 5.42. The molecule has 2 atom stereocenters. The van der Waals surface area contributed by atoms with Crippen LogP contribution in [0.3, 0.4) is 0 Å². The SMILES string of the molecule is CCCCCCC(C)NC(C)C1CCOCC1. The van der Waals surface area contributed by atoms with E-state index in [1.807, 2.05) is 0 Å². The van der Waals surface area contributed by atoms with Crippen LogP contribution in [0.25, 0.3) is 0 Å². The van der Waals surface area contributed by atoms with Crippen molar-refractivity contribution in [3.05, 3.63) is 0 Å². The first kappa shape index (κ1) is 15.0. The minimum atomic E-state index is 0.653. The summed E-state index contributed by atoms with van der Waals surface area (Å²) in [6, 6.07) is 1.32. The molecule has 1 N–H and O–H groups in total. The van der Waals surface area contributed by atoms with E-state index in [2.05, 4.69) is 26.1 Å². The van der Waals surface area contributed by atoms with Crippen molar-refractivity contribution in [1.82, 2.24) is 5.32 Å². The molecule has 1 fully saturated rings. The predicted octanol–water partition coefficient (Wildman–Crippen LogP) is 3.75. The second kappa shape index (κ2) is 8.93. The molecule has 102 valence electrons. The summed E-state index contributed by atoms with van der Waals surface area (Å²) in [5.74, 6) is 0.821. The molecule has 0 saturated carbocycles. The van der Waals surface area contributed by atoms with Gasteiger partial charge in [0.1, 0.15) is 0 Å². The van der Waals surface area contributed by atoms with E-state index in [1.54, 1.807) is 0 Å². The second-order valence-electron chi connectivity index (χ2n) is 5.66. The third-order valence-corrected chi connectivity index (χ3v) is 4.01. The Kier molecular flexibility index (Phi) is 7.87. The largest absolute Gasteiger partial charge is 0.381 e. The third kappa shape index (κ3) is 6.42. The van der Waals surface area contributed by atoms with Crippen LogP contribution in [0.5, 0.6) is 0 Å². The summed E-state index contributed by atoms with van der Waals surface area (Å²) in [5.41, 5.74) is 0. The molecule has 1 saturated heterocycles. The van der Waals surface area contributed by atoms with Crippen LogP contribution in [0.15, 0.2) is 0 Å². The van der Waals surface area contributed by atoms with Gasteiger partial charge in [-0.05, 0) is 39.0 Å². The Balaban J connectivity index is 2.09. The smallest absolute Gasteiger partial charge is 0.0469 e. The summed E-state index contributed by atoms with van der Waals surface area (Å²) in [4.78, 5) is 0. The van der Waals surface area contributed by atoms with Gasteiger partial charge >= 0.3 is 0 Å². The van der Waals surface area contributed by atoms with Gasteiger partial charge < -0.3 is 10.1 Å². The van der Waals surface area contributed by atoms with Crippen molar-refractivity contribution in [2.75, 3.05) is 13.2 Å². The van der Waals surface area contributed by atoms with Crippen molar-refractivity contribution in [2.45, 2.75) is 77.8 Å². The Labute approximate surface area is 108 Å². The summed E-state index contributed by atoms with van der Waals surface area (Å²) < 4.78 is 5.42. The number of hydrogen-bond acceptors (Lipinski definition) is 2. The van der Waals surface area contributed by atoms with Gasteiger partial charge in [0, 0.05) is 25.3 Å². The van der Waals surface area contributed by atoms with Crippen molar-refractivity contribution >= 4 is 0 Å². The van der Waals surface area contributed by atoms with Gasteiger partial charge in [-0.15, -0.1) is 0 Å². The summed E-state index contributed by atoms with van der Waals surface area (Å²) >= 11 is 0. The van der Waals surface area contributed by atoms with Gasteiger partial charge in [-0.3, -0.25) is 0 Å². The van der Waals surface area contributed by atoms with E-state index < -0.39 is 0 Å². The van der Waals surface area contributed by atoms with Crippen LogP contribution in [0.2, 0.25) is 0 Å². The molecule has 2 unspecified atom stereocenters. The molecule has 0 spiro atoms. The zero-order valence-corrected chi connectivity index (χ0v) is 12.0. The first-order chi connectivity index (χ1) is 8.24. The first-order valence-electron chi connectivity index (χ1n) is 7.57. The molecule has 0 aliphatic carbocycles. The molecule has 1 rings (SSSR count). The van der Waals surface area contributed by atoms with E-state index in [9.17, 15) is 0 Å². The average Bonchev–Trinajstić information content (AvgIpc) is 2.36. The van der Waals surface area contributed by atoms with Gasteiger partial charge in [0.2, 0.25) is 0 Å². The van der Waals surface area contributed by atoms with Crippen molar-refractivity contribution in [3.63, 3.8) is 0 Å². The van der Waals surface area contributed by atoms with Gasteiger partial charge in [0.15, 0.2) is 0 Å². The molecule has 1 heterocycles. The number of rotatable bonds is 8. The van der Waals surface area contributed by atoms with Gasteiger partial charge in [-0.25, -0.2) is 0 Å². The molecule has 2 nitrogen and oxygen atoms in total. The van der Waals surface area contributed by atoms with Gasteiger partial charge in [-0.1, -0.05) is 32.6 Å². The lowest BCUT2D eigenvalue weighted by Gasteiger charge is -2.30. The quantitative estimate of drug-likeness (QED) is 0.653. The molecule has 1 aliphatic heterocycles.